The molecule has 0 aliphatic carbocycles. The number of hydrogen-bond donors (Lipinski definition) is 1. The first kappa shape index (κ1) is 25.2. The largest absolute Gasteiger partial charge is 0.495 e. The number of para-hydroxylation sites is 2. The lowest BCUT2D eigenvalue weighted by atomic mass is 10.2. The number of sulfonamides is 1. The molecular weight excluding hydrogens is 462 g/mol. The normalized spacial score (nSPS) is 14.2. The number of piperazine rings is 1. The third-order valence-electron chi connectivity index (χ3n) is 5.74. The van der Waals surface area contributed by atoms with E-state index in [0.29, 0.717) is 43.3 Å². The van der Waals surface area contributed by atoms with Crippen molar-refractivity contribution < 1.29 is 22.9 Å². The van der Waals surface area contributed by atoms with Crippen LogP contribution in [-0.4, -0.2) is 75.0 Å². The number of nitrogens with zero attached hydrogens (tertiary/aromatic N) is 4. The average molecular weight is 492 g/mol. The number of nitrogens with one attached hydrogen (secondary N) is 1. The molecule has 0 saturated carbocycles. The molecule has 1 saturated heterocycles. The van der Waals surface area contributed by atoms with E-state index < -0.39 is 14.9 Å². The molecule has 1 aliphatic heterocycles. The lowest BCUT2D eigenvalue weighted by Gasteiger charge is -2.35. The Hall–Kier alpha value is -3.38. The molecule has 12 heteroatoms. The number of carbonyl (C=O) groups is 1. The van der Waals surface area contributed by atoms with Crippen LogP contribution < -0.4 is 15.0 Å². The van der Waals surface area contributed by atoms with Crippen molar-refractivity contribution in [3.05, 3.63) is 52.6 Å². The van der Waals surface area contributed by atoms with Gasteiger partial charge < -0.3 is 19.9 Å². The molecule has 3 rings (SSSR count). The lowest BCUT2D eigenvalue weighted by molar-refractivity contribution is -0.384. The van der Waals surface area contributed by atoms with Crippen LogP contribution in [0.4, 0.5) is 21.9 Å². The van der Waals surface area contributed by atoms with Gasteiger partial charge in [-0.15, -0.1) is 0 Å². The molecule has 1 fully saturated rings. The molecular formula is C22H29N5O6S. The lowest BCUT2D eigenvalue weighted by Crippen LogP contribution is -2.50. The van der Waals surface area contributed by atoms with E-state index in [0.717, 1.165) is 6.07 Å². The van der Waals surface area contributed by atoms with E-state index in [4.69, 9.17) is 4.74 Å². The number of ether oxygens (including phenoxy) is 1. The monoisotopic (exact) mass is 491 g/mol. The number of nitro benzene ring substituents is 1. The van der Waals surface area contributed by atoms with Crippen LogP contribution in [0.2, 0.25) is 0 Å². The van der Waals surface area contributed by atoms with Gasteiger partial charge in [0.15, 0.2) is 0 Å². The van der Waals surface area contributed by atoms with Crippen LogP contribution in [0.5, 0.6) is 5.75 Å². The van der Waals surface area contributed by atoms with E-state index in [-0.39, 0.29) is 29.7 Å². The summed E-state index contributed by atoms with van der Waals surface area (Å²) in [7, 11) is -2.30. The molecule has 34 heavy (non-hydrogen) atoms. The number of hydrogen-bond acceptors (Lipinski definition) is 7. The fourth-order valence-corrected chi connectivity index (χ4v) is 5.36. The number of benzene rings is 2. The van der Waals surface area contributed by atoms with Crippen LogP contribution in [-0.2, 0) is 10.0 Å². The van der Waals surface area contributed by atoms with Gasteiger partial charge >= 0.3 is 6.03 Å². The van der Waals surface area contributed by atoms with Crippen LogP contribution in [0.25, 0.3) is 0 Å². The van der Waals surface area contributed by atoms with Gasteiger partial charge in [0.25, 0.3) is 5.69 Å². The molecule has 0 radical (unpaired) electrons. The minimum Gasteiger partial charge on any atom is -0.495 e. The van der Waals surface area contributed by atoms with Crippen molar-refractivity contribution in [2.75, 3.05) is 56.6 Å². The second-order valence-corrected chi connectivity index (χ2v) is 9.54. The van der Waals surface area contributed by atoms with Crippen molar-refractivity contribution in [1.82, 2.24) is 9.21 Å². The fraction of sp³-hybridized carbons (Fsp3) is 0.409. The first-order valence-electron chi connectivity index (χ1n) is 10.9. The Bertz CT molecular complexity index is 1140. The van der Waals surface area contributed by atoms with Gasteiger partial charge in [0.2, 0.25) is 10.0 Å². The van der Waals surface area contributed by atoms with Crippen molar-refractivity contribution in [2.24, 2.45) is 0 Å². The zero-order valence-corrected chi connectivity index (χ0v) is 20.2. The fourth-order valence-electron chi connectivity index (χ4n) is 3.88. The predicted octanol–water partition coefficient (Wildman–Crippen LogP) is 2.99. The molecule has 2 aromatic rings. The number of rotatable bonds is 8. The molecule has 0 aromatic heterocycles. The average Bonchev–Trinajstić information content (AvgIpc) is 2.84. The minimum absolute atomic E-state index is 0.110. The van der Waals surface area contributed by atoms with Gasteiger partial charge in [-0.05, 0) is 24.3 Å². The molecule has 184 valence electrons. The molecule has 0 spiro atoms. The standard InChI is InChI=1S/C22H29N5O6S/c1-4-26(5-2)34(31,32)17-10-11-19(20(16-17)27(29)30)24-12-14-25(15-13-24)22(28)23-18-8-6-7-9-21(18)33-3/h6-11,16H,4-5,12-15H2,1-3H3,(H,23,28). The summed E-state index contributed by atoms with van der Waals surface area (Å²) in [6, 6.07) is 10.8. The van der Waals surface area contributed by atoms with Gasteiger partial charge in [0.1, 0.15) is 11.4 Å². The number of anilines is 2. The summed E-state index contributed by atoms with van der Waals surface area (Å²) in [4.78, 5) is 27.2. The van der Waals surface area contributed by atoms with Crippen molar-refractivity contribution in [1.29, 1.82) is 0 Å². The highest BCUT2D eigenvalue weighted by atomic mass is 32.2. The predicted molar refractivity (Wildman–Crippen MR) is 129 cm³/mol. The second kappa shape index (κ2) is 10.7. The topological polar surface area (TPSA) is 125 Å². The van der Waals surface area contributed by atoms with Crippen LogP contribution in [0.3, 0.4) is 0 Å². The molecule has 1 N–H and O–H groups in total. The summed E-state index contributed by atoms with van der Waals surface area (Å²) < 4.78 is 32.1. The molecule has 2 aromatic carbocycles. The Morgan fingerprint density at radius 2 is 1.76 bits per heavy atom. The highest BCUT2D eigenvalue weighted by molar-refractivity contribution is 7.89. The van der Waals surface area contributed by atoms with Crippen molar-refractivity contribution in [3.63, 3.8) is 0 Å². The molecule has 0 atom stereocenters. The molecule has 2 amide bonds. The van der Waals surface area contributed by atoms with Crippen LogP contribution >= 0.6 is 0 Å². The number of amides is 2. The second-order valence-electron chi connectivity index (χ2n) is 7.60. The van der Waals surface area contributed by atoms with Gasteiger partial charge in [0, 0.05) is 45.3 Å². The maximum Gasteiger partial charge on any atom is 0.322 e. The Balaban J connectivity index is 1.74. The summed E-state index contributed by atoms with van der Waals surface area (Å²) in [6.45, 7) is 5.39. The first-order chi connectivity index (χ1) is 16.2. The quantitative estimate of drug-likeness (QED) is 0.444. The van der Waals surface area contributed by atoms with Gasteiger partial charge in [-0.25, -0.2) is 13.2 Å². The van der Waals surface area contributed by atoms with E-state index in [1.165, 1.54) is 23.5 Å². The zero-order valence-electron chi connectivity index (χ0n) is 19.4. The van der Waals surface area contributed by atoms with Crippen LogP contribution in [0.1, 0.15) is 13.8 Å². The summed E-state index contributed by atoms with van der Waals surface area (Å²) >= 11 is 0. The van der Waals surface area contributed by atoms with Crippen LogP contribution in [0.15, 0.2) is 47.4 Å². The van der Waals surface area contributed by atoms with Crippen LogP contribution in [0, 0.1) is 10.1 Å². The number of urea groups is 1. The third-order valence-corrected chi connectivity index (χ3v) is 7.79. The Morgan fingerprint density at radius 1 is 1.12 bits per heavy atom. The Kier molecular flexibility index (Phi) is 7.94. The molecule has 1 heterocycles. The van der Waals surface area contributed by atoms with E-state index in [2.05, 4.69) is 5.32 Å². The molecule has 0 unspecified atom stereocenters. The van der Waals surface area contributed by atoms with Crippen molar-refractivity contribution in [2.45, 2.75) is 18.7 Å². The summed E-state index contributed by atoms with van der Waals surface area (Å²) in [6.07, 6.45) is 0. The number of nitro groups is 1. The summed E-state index contributed by atoms with van der Waals surface area (Å²) in [5, 5.41) is 14.6. The maximum atomic E-state index is 12.8. The smallest absolute Gasteiger partial charge is 0.322 e. The van der Waals surface area contributed by atoms with E-state index in [9.17, 15) is 23.3 Å². The Labute approximate surface area is 199 Å². The van der Waals surface area contributed by atoms with E-state index in [1.54, 1.807) is 47.9 Å². The number of carbonyl (C=O) groups excluding carboxylic acids is 1. The van der Waals surface area contributed by atoms with Crippen molar-refractivity contribution >= 4 is 33.1 Å². The van der Waals surface area contributed by atoms with Gasteiger partial charge in [-0.1, -0.05) is 26.0 Å². The first-order valence-corrected chi connectivity index (χ1v) is 12.4. The van der Waals surface area contributed by atoms with Gasteiger partial charge in [-0.3, -0.25) is 10.1 Å². The summed E-state index contributed by atoms with van der Waals surface area (Å²) in [5.74, 6) is 0.546. The molecule has 0 bridgehead atoms. The highest BCUT2D eigenvalue weighted by Gasteiger charge is 2.29. The SMILES string of the molecule is CCN(CC)S(=O)(=O)c1ccc(N2CCN(C(=O)Nc3ccccc3OC)CC2)c([N+](=O)[O-])c1. The van der Waals surface area contributed by atoms with Gasteiger partial charge in [-0.2, -0.15) is 4.31 Å². The Morgan fingerprint density at radius 3 is 2.35 bits per heavy atom. The maximum absolute atomic E-state index is 12.8. The molecule has 1 aliphatic rings. The van der Waals surface area contributed by atoms with Gasteiger partial charge in [0.05, 0.1) is 22.6 Å². The minimum atomic E-state index is -3.82. The van der Waals surface area contributed by atoms with Crippen molar-refractivity contribution in [3.8, 4) is 5.75 Å². The highest BCUT2D eigenvalue weighted by Crippen LogP contribution is 2.32. The van der Waals surface area contributed by atoms with E-state index in [1.807, 2.05) is 0 Å². The van der Waals surface area contributed by atoms with E-state index >= 15 is 0 Å². The summed E-state index contributed by atoms with van der Waals surface area (Å²) in [5.41, 5.74) is 0.603. The third kappa shape index (κ3) is 5.23. The zero-order chi connectivity index (χ0) is 24.9. The number of methoxy groups -OCH3 is 1. The molecule has 11 nitrogen and oxygen atoms in total.